The van der Waals surface area contributed by atoms with Gasteiger partial charge >= 0.3 is 6.15 Å². The highest BCUT2D eigenvalue weighted by Crippen LogP contribution is 1.00. The van der Waals surface area contributed by atoms with Gasteiger partial charge in [-0.25, -0.2) is 0 Å². The number of carbonyl (C=O) groups excluding carboxylic acids is 2. The summed E-state index contributed by atoms with van der Waals surface area (Å²) in [6.45, 7) is 0. The van der Waals surface area contributed by atoms with Crippen LogP contribution in [0.3, 0.4) is 0 Å². The van der Waals surface area contributed by atoms with Gasteiger partial charge in [0.15, 0.2) is 4.75 Å². The van der Waals surface area contributed by atoms with Crippen molar-refractivity contribution in [2.45, 2.75) is 0 Å². The minimum absolute atomic E-state index is 0.250. The SMILES string of the molecule is O=C=O.O=[O+][O-]. The molecule has 5 heteroatoms. The predicted octanol–water partition coefficient (Wildman–Crippen LogP) is -1.71. The molecule has 0 radical (unpaired) electrons. The topological polar surface area (TPSA) is 85.6 Å². The van der Waals surface area contributed by atoms with Crippen LogP contribution >= 0.6 is 0 Å². The fourth-order valence-electron chi connectivity index (χ4n) is 0. The van der Waals surface area contributed by atoms with Crippen LogP contribution in [0, 0.1) is 9.71 Å². The first-order chi connectivity index (χ1) is 2.83. The van der Waals surface area contributed by atoms with Gasteiger partial charge in [-0.2, -0.15) is 9.59 Å². The van der Waals surface area contributed by atoms with Gasteiger partial charge in [0.05, 0.1) is 0 Å². The average molecular weight is 92.0 g/mol. The van der Waals surface area contributed by atoms with Crippen molar-refractivity contribution in [2.24, 2.45) is 0 Å². The van der Waals surface area contributed by atoms with Crippen LogP contribution in [0.25, 0.3) is 0 Å². The van der Waals surface area contributed by atoms with Gasteiger partial charge in [0.25, 0.3) is 0 Å². The first-order valence-corrected chi connectivity index (χ1v) is 0.742. The summed E-state index contributed by atoms with van der Waals surface area (Å²) in [5, 5.41) is 7.88. The van der Waals surface area contributed by atoms with Gasteiger partial charge in [-0.3, -0.25) is 0 Å². The third-order valence-corrected chi connectivity index (χ3v) is 0. The van der Waals surface area contributed by atoms with Crippen LogP contribution in [-0.2, 0) is 9.59 Å². The number of rotatable bonds is 0. The van der Waals surface area contributed by atoms with E-state index in [9.17, 15) is 0 Å². The Balaban J connectivity index is 0. The van der Waals surface area contributed by atoms with Crippen molar-refractivity contribution in [3.63, 3.8) is 0 Å². The van der Waals surface area contributed by atoms with E-state index in [4.69, 9.17) is 19.8 Å². The Morgan fingerprint density at radius 3 is 1.50 bits per heavy atom. The van der Waals surface area contributed by atoms with Crippen molar-refractivity contribution < 1.29 is 14.8 Å². The maximum atomic E-state index is 8.12. The second-order valence-corrected chi connectivity index (χ2v) is 0.151. The molecule has 0 bridgehead atoms. The molecule has 0 rings (SSSR count). The Hall–Kier alpha value is -1.22. The van der Waals surface area contributed by atoms with Gasteiger partial charge in [-0.15, -0.1) is 0 Å². The zero-order valence-corrected chi connectivity index (χ0v) is 2.54. The lowest BCUT2D eigenvalue weighted by molar-refractivity contribution is -0.284. The monoisotopic (exact) mass is 92.0 g/mol. The van der Waals surface area contributed by atoms with E-state index in [1.165, 1.54) is 0 Å². The van der Waals surface area contributed by atoms with Crippen molar-refractivity contribution in [1.29, 1.82) is 0 Å². The Bertz CT molecular complexity index is 49.0. The molecular formula is CO5. The van der Waals surface area contributed by atoms with E-state index >= 15 is 0 Å². The number of hydrogen-bond acceptors (Lipinski definition) is 4. The van der Waals surface area contributed by atoms with Crippen LogP contribution in [0.2, 0.25) is 0 Å². The van der Waals surface area contributed by atoms with E-state index in [0.29, 0.717) is 0 Å². The summed E-state index contributed by atoms with van der Waals surface area (Å²) in [5.74, 6) is 0. The van der Waals surface area contributed by atoms with E-state index in [2.05, 4.69) is 0 Å². The standard InChI is InChI=1S/CO2.O3/c2-1-3;1-3-2. The normalized spacial score (nSPS) is 3.33. The van der Waals surface area contributed by atoms with Gasteiger partial charge < -0.3 is 0 Å². The van der Waals surface area contributed by atoms with Crippen molar-refractivity contribution in [3.05, 3.63) is 9.71 Å². The smallest absolute Gasteiger partial charge is 0.186 e. The molecule has 0 aromatic rings. The zero-order valence-electron chi connectivity index (χ0n) is 2.54. The first kappa shape index (κ1) is 8.84. The van der Waals surface area contributed by atoms with E-state index < -0.39 is 0 Å². The molecule has 0 aliphatic rings. The lowest BCUT2D eigenvalue weighted by Gasteiger charge is -1.19. The molecule has 0 aromatic carbocycles. The molecule has 0 saturated carbocycles. The Kier molecular flexibility index (Phi) is 70.7. The molecule has 0 saturated heterocycles. The second kappa shape index (κ2) is 48.0. The molecule has 0 fully saturated rings. The summed E-state index contributed by atoms with van der Waals surface area (Å²) in [5.41, 5.74) is 0. The van der Waals surface area contributed by atoms with Crippen LogP contribution in [-0.4, -0.2) is 6.15 Å². The molecule has 0 N–H and O–H groups in total. The fraction of sp³-hybridized carbons (Fsp3) is 0. The predicted molar refractivity (Wildman–Crippen MR) is 11.7 cm³/mol. The van der Waals surface area contributed by atoms with Gasteiger partial charge in [0.1, 0.15) is 0 Å². The fourth-order valence-corrected chi connectivity index (χ4v) is 0. The highest BCUT2D eigenvalue weighted by molar-refractivity contribution is 5.20. The highest BCUT2D eigenvalue weighted by Gasteiger charge is 1.27. The van der Waals surface area contributed by atoms with Crippen molar-refractivity contribution in [1.82, 2.24) is 0 Å². The summed E-state index contributed by atoms with van der Waals surface area (Å²) in [6.07, 6.45) is 0.250. The molecule has 0 heterocycles. The van der Waals surface area contributed by atoms with Gasteiger partial charge in [-0.05, 0) is 0 Å². The van der Waals surface area contributed by atoms with Crippen molar-refractivity contribution >= 4 is 6.15 Å². The molecule has 0 aliphatic heterocycles. The molecule has 34 valence electrons. The summed E-state index contributed by atoms with van der Waals surface area (Å²) < 4.78 is 1.75. The highest BCUT2D eigenvalue weighted by atomic mass is 17.2. The molecule has 0 aliphatic carbocycles. The largest absolute Gasteiger partial charge is 0.373 e. The Labute approximate surface area is 32.0 Å². The van der Waals surface area contributed by atoms with Crippen LogP contribution < -0.4 is 5.26 Å². The van der Waals surface area contributed by atoms with Crippen molar-refractivity contribution in [3.8, 4) is 0 Å². The molecule has 6 heavy (non-hydrogen) atoms. The van der Waals surface area contributed by atoms with Crippen LogP contribution in [0.15, 0.2) is 0 Å². The lowest BCUT2D eigenvalue weighted by atomic mass is 11.8. The lowest BCUT2D eigenvalue weighted by Crippen LogP contribution is -1.82. The third-order valence-electron chi connectivity index (χ3n) is 0. The molecule has 0 aromatic heterocycles. The van der Waals surface area contributed by atoms with Crippen LogP contribution in [0.5, 0.6) is 0 Å². The molecule has 0 spiro atoms. The third kappa shape index (κ3) is 5.92. The Morgan fingerprint density at radius 1 is 1.50 bits per heavy atom. The van der Waals surface area contributed by atoms with Crippen LogP contribution in [0.4, 0.5) is 0 Å². The zero-order chi connectivity index (χ0) is 5.41. The maximum absolute atomic E-state index is 8.12. The first-order valence-electron chi connectivity index (χ1n) is 0.742. The minimum Gasteiger partial charge on any atom is -0.186 e. The molecule has 0 unspecified atom stereocenters. The van der Waals surface area contributed by atoms with E-state index in [0.717, 1.165) is 0 Å². The Morgan fingerprint density at radius 2 is 1.50 bits per heavy atom. The quantitative estimate of drug-likeness (QED) is 0.202. The van der Waals surface area contributed by atoms with E-state index in [1.54, 1.807) is 4.75 Å². The summed E-state index contributed by atoms with van der Waals surface area (Å²) in [6, 6.07) is 0. The van der Waals surface area contributed by atoms with Gasteiger partial charge in [-0.1, -0.05) is 10.2 Å². The maximum Gasteiger partial charge on any atom is 0.373 e. The van der Waals surface area contributed by atoms with Gasteiger partial charge in [0, 0.05) is 0 Å². The van der Waals surface area contributed by atoms with Gasteiger partial charge in [0.2, 0.25) is 0 Å². The molecular weight excluding hydrogens is 92.0 g/mol. The second-order valence-electron chi connectivity index (χ2n) is 0.151. The van der Waals surface area contributed by atoms with Crippen LogP contribution in [0.1, 0.15) is 0 Å². The summed E-state index contributed by atoms with van der Waals surface area (Å²) in [7, 11) is 0. The number of hydrogen-bond donors (Lipinski definition) is 0. The summed E-state index contributed by atoms with van der Waals surface area (Å²) in [4.78, 5) is 24.1. The molecule has 5 nitrogen and oxygen atoms in total. The molecule has 0 amide bonds. The summed E-state index contributed by atoms with van der Waals surface area (Å²) >= 11 is 0. The molecule has 0 atom stereocenters. The van der Waals surface area contributed by atoms with Crippen molar-refractivity contribution in [2.75, 3.05) is 0 Å². The van der Waals surface area contributed by atoms with E-state index in [1.807, 2.05) is 0 Å². The average Bonchev–Trinajstić information content (AvgIpc) is 1.39. The van der Waals surface area contributed by atoms with E-state index in [-0.39, 0.29) is 6.15 Å². The minimum atomic E-state index is 0.250.